The summed E-state index contributed by atoms with van der Waals surface area (Å²) in [6, 6.07) is 3.59. The molecular formula is C14H17NO6. The number of phenols is 1. The molecular weight excluding hydrogens is 278 g/mol. The number of carbonyl (C=O) groups excluding carboxylic acids is 1. The minimum Gasteiger partial charge on any atom is -0.504 e. The van der Waals surface area contributed by atoms with E-state index in [1.807, 2.05) is 0 Å². The van der Waals surface area contributed by atoms with Gasteiger partial charge in [-0.25, -0.2) is 0 Å². The third-order valence-electron chi connectivity index (χ3n) is 3.69. The summed E-state index contributed by atoms with van der Waals surface area (Å²) in [5, 5.41) is 21.6. The Labute approximate surface area is 121 Å². The minimum atomic E-state index is -1.16. The molecule has 2 rings (SSSR count). The van der Waals surface area contributed by atoms with E-state index in [9.17, 15) is 19.8 Å². The van der Waals surface area contributed by atoms with Gasteiger partial charge in [0.15, 0.2) is 11.5 Å². The van der Waals surface area contributed by atoms with Crippen molar-refractivity contribution in [3.05, 3.63) is 23.8 Å². The topological polar surface area (TPSA) is 105 Å². The molecule has 1 fully saturated rings. The Kier molecular flexibility index (Phi) is 4.04. The van der Waals surface area contributed by atoms with Crippen LogP contribution in [0.25, 0.3) is 0 Å². The molecule has 1 aliphatic heterocycles. The lowest BCUT2D eigenvalue weighted by Crippen LogP contribution is -2.49. The average Bonchev–Trinajstić information content (AvgIpc) is 2.81. The van der Waals surface area contributed by atoms with Crippen molar-refractivity contribution < 1.29 is 29.3 Å². The highest BCUT2D eigenvalue weighted by Crippen LogP contribution is 2.30. The molecule has 114 valence electrons. The molecule has 1 heterocycles. The van der Waals surface area contributed by atoms with Crippen LogP contribution in [0.15, 0.2) is 18.2 Å². The van der Waals surface area contributed by atoms with Gasteiger partial charge in [-0.1, -0.05) is 0 Å². The van der Waals surface area contributed by atoms with Crippen LogP contribution in [0.2, 0.25) is 0 Å². The molecule has 2 atom stereocenters. The Morgan fingerprint density at radius 1 is 1.48 bits per heavy atom. The lowest BCUT2D eigenvalue weighted by molar-refractivity contribution is -0.148. The molecule has 0 radical (unpaired) electrons. The van der Waals surface area contributed by atoms with E-state index in [1.165, 1.54) is 32.2 Å². The van der Waals surface area contributed by atoms with Crippen LogP contribution in [-0.4, -0.2) is 48.5 Å². The normalized spacial score (nSPS) is 24.6. The van der Waals surface area contributed by atoms with Crippen molar-refractivity contribution in [3.63, 3.8) is 0 Å². The summed E-state index contributed by atoms with van der Waals surface area (Å²) in [5.74, 6) is -1.40. The van der Waals surface area contributed by atoms with Gasteiger partial charge in [0.1, 0.15) is 5.41 Å². The number of hydrogen-bond acceptors (Lipinski definition) is 5. The Balaban J connectivity index is 2.15. The van der Waals surface area contributed by atoms with Crippen molar-refractivity contribution in [1.29, 1.82) is 0 Å². The van der Waals surface area contributed by atoms with E-state index in [0.29, 0.717) is 0 Å². The first-order valence-corrected chi connectivity index (χ1v) is 6.37. The maximum Gasteiger partial charge on any atom is 0.313 e. The molecule has 3 N–H and O–H groups in total. The molecule has 1 aliphatic rings. The molecule has 0 saturated carbocycles. The average molecular weight is 295 g/mol. The minimum absolute atomic E-state index is 0.0428. The number of amides is 1. The second-order valence-electron chi connectivity index (χ2n) is 5.15. The van der Waals surface area contributed by atoms with Gasteiger partial charge in [-0.2, -0.15) is 0 Å². The monoisotopic (exact) mass is 295 g/mol. The molecule has 21 heavy (non-hydrogen) atoms. The zero-order valence-electron chi connectivity index (χ0n) is 11.8. The predicted octanol–water partition coefficient (Wildman–Crippen LogP) is 0.620. The van der Waals surface area contributed by atoms with Gasteiger partial charge in [0.05, 0.1) is 26.4 Å². The first kappa shape index (κ1) is 15.1. The summed E-state index contributed by atoms with van der Waals surface area (Å²) in [6.07, 6.45) is 0. The van der Waals surface area contributed by atoms with Crippen molar-refractivity contribution in [2.24, 2.45) is 5.41 Å². The summed E-state index contributed by atoms with van der Waals surface area (Å²) in [6.45, 7) is 1.70. The number of nitrogens with one attached hydrogen (secondary N) is 1. The number of methoxy groups -OCH3 is 1. The van der Waals surface area contributed by atoms with Crippen molar-refractivity contribution in [3.8, 4) is 11.5 Å². The first-order chi connectivity index (χ1) is 9.88. The second kappa shape index (κ2) is 5.61. The Morgan fingerprint density at radius 2 is 2.19 bits per heavy atom. The van der Waals surface area contributed by atoms with E-state index in [4.69, 9.17) is 9.47 Å². The van der Waals surface area contributed by atoms with Gasteiger partial charge in [-0.3, -0.25) is 9.59 Å². The fourth-order valence-electron chi connectivity index (χ4n) is 2.16. The predicted molar refractivity (Wildman–Crippen MR) is 72.5 cm³/mol. The largest absolute Gasteiger partial charge is 0.504 e. The van der Waals surface area contributed by atoms with Crippen LogP contribution in [0.5, 0.6) is 11.5 Å². The zero-order chi connectivity index (χ0) is 15.6. The van der Waals surface area contributed by atoms with Crippen LogP contribution in [0.4, 0.5) is 0 Å². The molecule has 2 unspecified atom stereocenters. The van der Waals surface area contributed by atoms with E-state index >= 15 is 0 Å². The molecule has 7 heteroatoms. The Hall–Kier alpha value is -2.28. The number of hydrogen-bond donors (Lipinski definition) is 3. The van der Waals surface area contributed by atoms with Crippen LogP contribution in [0, 0.1) is 5.41 Å². The first-order valence-electron chi connectivity index (χ1n) is 6.37. The highest BCUT2D eigenvalue weighted by atomic mass is 16.5. The number of rotatable bonds is 4. The lowest BCUT2D eigenvalue weighted by Gasteiger charge is -2.25. The molecule has 0 spiro atoms. The molecule has 0 bridgehead atoms. The number of benzene rings is 1. The summed E-state index contributed by atoms with van der Waals surface area (Å²) in [5.41, 5.74) is -0.947. The lowest BCUT2D eigenvalue weighted by atomic mass is 9.85. The van der Waals surface area contributed by atoms with Crippen molar-refractivity contribution in [2.45, 2.75) is 13.0 Å². The maximum absolute atomic E-state index is 12.2. The van der Waals surface area contributed by atoms with Crippen molar-refractivity contribution in [1.82, 2.24) is 5.32 Å². The van der Waals surface area contributed by atoms with Crippen LogP contribution in [0.3, 0.4) is 0 Å². The van der Waals surface area contributed by atoms with Crippen LogP contribution < -0.4 is 10.1 Å². The smallest absolute Gasteiger partial charge is 0.313 e. The SMILES string of the molecule is COc1ccc(C(=O)NC2COCC2(C)C(=O)O)cc1O. The van der Waals surface area contributed by atoms with Gasteiger partial charge in [0.25, 0.3) is 5.91 Å². The van der Waals surface area contributed by atoms with Gasteiger partial charge < -0.3 is 25.0 Å². The number of carboxylic acids is 1. The number of aliphatic carboxylic acids is 1. The molecule has 1 saturated heterocycles. The van der Waals surface area contributed by atoms with Crippen LogP contribution in [-0.2, 0) is 9.53 Å². The van der Waals surface area contributed by atoms with Gasteiger partial charge in [0, 0.05) is 5.56 Å². The van der Waals surface area contributed by atoms with Crippen molar-refractivity contribution in [2.75, 3.05) is 20.3 Å². The highest BCUT2D eigenvalue weighted by Gasteiger charge is 2.47. The van der Waals surface area contributed by atoms with E-state index < -0.39 is 23.3 Å². The number of ether oxygens (including phenoxy) is 2. The summed E-state index contributed by atoms with van der Waals surface area (Å²) in [7, 11) is 1.41. The Bertz CT molecular complexity index is 573. The fourth-order valence-corrected chi connectivity index (χ4v) is 2.16. The number of phenolic OH excluding ortho intramolecular Hbond substituents is 1. The zero-order valence-corrected chi connectivity index (χ0v) is 11.8. The number of aromatic hydroxyl groups is 1. The molecule has 7 nitrogen and oxygen atoms in total. The van der Waals surface area contributed by atoms with E-state index in [-0.39, 0.29) is 30.3 Å². The van der Waals surface area contributed by atoms with E-state index in [1.54, 1.807) is 0 Å². The molecule has 1 aromatic carbocycles. The third-order valence-corrected chi connectivity index (χ3v) is 3.69. The summed E-state index contributed by atoms with van der Waals surface area (Å²) >= 11 is 0. The summed E-state index contributed by atoms with van der Waals surface area (Å²) < 4.78 is 10.1. The van der Waals surface area contributed by atoms with Crippen LogP contribution >= 0.6 is 0 Å². The fraction of sp³-hybridized carbons (Fsp3) is 0.429. The van der Waals surface area contributed by atoms with Gasteiger partial charge >= 0.3 is 5.97 Å². The van der Waals surface area contributed by atoms with Gasteiger partial charge in [-0.05, 0) is 25.1 Å². The Morgan fingerprint density at radius 3 is 2.76 bits per heavy atom. The number of carboxylic acid groups (broad SMARTS) is 1. The van der Waals surface area contributed by atoms with Crippen molar-refractivity contribution >= 4 is 11.9 Å². The standard InChI is InChI=1S/C14H17NO6/c1-14(13(18)19)7-21-6-11(14)15-12(17)8-3-4-10(20-2)9(16)5-8/h3-5,11,16H,6-7H2,1-2H3,(H,15,17)(H,18,19). The summed E-state index contributed by atoms with van der Waals surface area (Å²) in [4.78, 5) is 23.5. The highest BCUT2D eigenvalue weighted by molar-refractivity contribution is 5.95. The second-order valence-corrected chi connectivity index (χ2v) is 5.15. The molecule has 0 aromatic heterocycles. The number of carbonyl (C=O) groups is 2. The van der Waals surface area contributed by atoms with Crippen LogP contribution in [0.1, 0.15) is 17.3 Å². The molecule has 1 amide bonds. The van der Waals surface area contributed by atoms with E-state index in [0.717, 1.165) is 0 Å². The van der Waals surface area contributed by atoms with E-state index in [2.05, 4.69) is 5.32 Å². The van der Waals surface area contributed by atoms with Gasteiger partial charge in [0.2, 0.25) is 0 Å². The maximum atomic E-state index is 12.2. The molecule has 0 aliphatic carbocycles. The quantitative estimate of drug-likeness (QED) is 0.752. The third kappa shape index (κ3) is 2.78. The molecule has 1 aromatic rings. The van der Waals surface area contributed by atoms with Gasteiger partial charge in [-0.15, -0.1) is 0 Å².